The molecule has 1 aromatic carbocycles. The summed E-state index contributed by atoms with van der Waals surface area (Å²) in [7, 11) is 0. The second kappa shape index (κ2) is 5.65. The fraction of sp³-hybridized carbons (Fsp3) is 0.273. The van der Waals surface area contributed by atoms with Gasteiger partial charge in [-0.2, -0.15) is 0 Å². The van der Waals surface area contributed by atoms with Gasteiger partial charge in [0.15, 0.2) is 0 Å². The third-order valence-corrected chi connectivity index (χ3v) is 2.33. The molecule has 0 aliphatic rings. The van der Waals surface area contributed by atoms with E-state index in [-0.39, 0.29) is 6.10 Å². The minimum absolute atomic E-state index is 0.0940. The molecule has 86 valence electrons. The predicted octanol–water partition coefficient (Wildman–Crippen LogP) is 3.48. The molecule has 0 bridgehead atoms. The Hall–Kier alpha value is -1.36. The van der Waals surface area contributed by atoms with E-state index in [1.807, 2.05) is 13.8 Å². The van der Waals surface area contributed by atoms with Crippen LogP contribution in [0.4, 0.5) is 0 Å². The lowest BCUT2D eigenvalue weighted by Gasteiger charge is -2.11. The first-order valence-corrected chi connectivity index (χ1v) is 5.56. The number of nitrogens with zero attached hydrogens (tertiary/aromatic N) is 1. The lowest BCUT2D eigenvalue weighted by Crippen LogP contribution is -2.05. The Morgan fingerprint density at radius 2 is 2.19 bits per heavy atom. The lowest BCUT2D eigenvalue weighted by atomic mass is 10.2. The van der Waals surface area contributed by atoms with Gasteiger partial charge < -0.3 is 4.74 Å². The highest BCUT2D eigenvalue weighted by molar-refractivity contribution is 9.10. The van der Waals surface area contributed by atoms with E-state index in [1.165, 1.54) is 6.08 Å². The zero-order chi connectivity index (χ0) is 12.1. The summed E-state index contributed by atoms with van der Waals surface area (Å²) >= 11 is 3.35. The van der Waals surface area contributed by atoms with E-state index in [9.17, 15) is 10.1 Å². The maximum absolute atomic E-state index is 10.2. The average molecular weight is 286 g/mol. The normalized spacial score (nSPS) is 11.0. The Balaban J connectivity index is 2.86. The fourth-order valence-corrected chi connectivity index (χ4v) is 1.61. The topological polar surface area (TPSA) is 52.4 Å². The van der Waals surface area contributed by atoms with Crippen molar-refractivity contribution in [3.63, 3.8) is 0 Å². The lowest BCUT2D eigenvalue weighted by molar-refractivity contribution is -0.400. The van der Waals surface area contributed by atoms with Crippen molar-refractivity contribution in [2.24, 2.45) is 0 Å². The van der Waals surface area contributed by atoms with E-state index >= 15 is 0 Å². The van der Waals surface area contributed by atoms with E-state index < -0.39 is 4.92 Å². The molecular formula is C11H12BrNO3. The highest BCUT2D eigenvalue weighted by atomic mass is 79.9. The number of hydrogen-bond donors (Lipinski definition) is 0. The average Bonchev–Trinajstić information content (AvgIpc) is 2.18. The van der Waals surface area contributed by atoms with E-state index in [0.717, 1.165) is 22.0 Å². The Morgan fingerprint density at radius 3 is 2.69 bits per heavy atom. The number of benzene rings is 1. The molecule has 0 aliphatic carbocycles. The van der Waals surface area contributed by atoms with Crippen LogP contribution in [0, 0.1) is 10.1 Å². The second-order valence-corrected chi connectivity index (χ2v) is 4.31. The van der Waals surface area contributed by atoms with Gasteiger partial charge in [-0.15, -0.1) is 0 Å². The quantitative estimate of drug-likeness (QED) is 0.629. The van der Waals surface area contributed by atoms with Gasteiger partial charge in [0.05, 0.1) is 15.5 Å². The van der Waals surface area contributed by atoms with Crippen LogP contribution in [0.15, 0.2) is 28.9 Å². The maximum Gasteiger partial charge on any atom is 0.235 e. The summed E-state index contributed by atoms with van der Waals surface area (Å²) in [6, 6.07) is 5.32. The highest BCUT2D eigenvalue weighted by Gasteiger charge is 2.03. The molecule has 0 aliphatic heterocycles. The molecule has 0 amide bonds. The van der Waals surface area contributed by atoms with E-state index in [4.69, 9.17) is 4.74 Å². The van der Waals surface area contributed by atoms with Crippen LogP contribution in [0.5, 0.6) is 5.75 Å². The zero-order valence-corrected chi connectivity index (χ0v) is 10.6. The van der Waals surface area contributed by atoms with Gasteiger partial charge >= 0.3 is 0 Å². The second-order valence-electron chi connectivity index (χ2n) is 3.46. The van der Waals surface area contributed by atoms with E-state index in [1.54, 1.807) is 18.2 Å². The minimum Gasteiger partial charge on any atom is -0.490 e. The summed E-state index contributed by atoms with van der Waals surface area (Å²) in [6.07, 6.45) is 2.44. The smallest absolute Gasteiger partial charge is 0.235 e. The van der Waals surface area contributed by atoms with Gasteiger partial charge in [-0.3, -0.25) is 10.1 Å². The van der Waals surface area contributed by atoms with Gasteiger partial charge in [-0.25, -0.2) is 0 Å². The standard InChI is InChI=1S/C11H12BrNO3/c1-8(2)16-11-4-3-9(7-10(11)12)5-6-13(14)15/h3-8H,1-2H3/b6-5+. The van der Waals surface area contributed by atoms with Gasteiger partial charge in [0.1, 0.15) is 5.75 Å². The van der Waals surface area contributed by atoms with Crippen LogP contribution in [-0.2, 0) is 0 Å². The molecular weight excluding hydrogens is 274 g/mol. The molecule has 0 unspecified atom stereocenters. The number of halogens is 1. The molecule has 1 rings (SSSR count). The molecule has 0 fully saturated rings. The van der Waals surface area contributed by atoms with Crippen molar-refractivity contribution in [2.45, 2.75) is 20.0 Å². The van der Waals surface area contributed by atoms with E-state index in [0.29, 0.717) is 0 Å². The molecule has 0 heterocycles. The molecule has 0 spiro atoms. The van der Waals surface area contributed by atoms with Crippen molar-refractivity contribution in [1.82, 2.24) is 0 Å². The van der Waals surface area contributed by atoms with Crippen LogP contribution in [-0.4, -0.2) is 11.0 Å². The SMILES string of the molecule is CC(C)Oc1ccc(/C=C/[N+](=O)[O-])cc1Br. The predicted molar refractivity (Wildman–Crippen MR) is 65.9 cm³/mol. The fourth-order valence-electron chi connectivity index (χ4n) is 1.12. The Kier molecular flexibility index (Phi) is 4.49. The summed E-state index contributed by atoms with van der Waals surface area (Å²) < 4.78 is 6.30. The van der Waals surface area contributed by atoms with Crippen LogP contribution in [0.3, 0.4) is 0 Å². The van der Waals surface area contributed by atoms with Gasteiger partial charge in [0.25, 0.3) is 0 Å². The van der Waals surface area contributed by atoms with Crippen molar-refractivity contribution in [2.75, 3.05) is 0 Å². The van der Waals surface area contributed by atoms with Crippen LogP contribution in [0.1, 0.15) is 19.4 Å². The van der Waals surface area contributed by atoms with Crippen molar-refractivity contribution in [1.29, 1.82) is 0 Å². The monoisotopic (exact) mass is 285 g/mol. The summed E-state index contributed by atoms with van der Waals surface area (Å²) in [5.74, 6) is 0.730. The number of nitro groups is 1. The molecule has 0 saturated heterocycles. The molecule has 0 N–H and O–H groups in total. The van der Waals surface area contributed by atoms with Crippen molar-refractivity contribution in [3.05, 3.63) is 44.5 Å². The zero-order valence-electron chi connectivity index (χ0n) is 9.01. The van der Waals surface area contributed by atoms with Crippen molar-refractivity contribution in [3.8, 4) is 5.75 Å². The molecule has 0 radical (unpaired) electrons. The number of rotatable bonds is 4. The Morgan fingerprint density at radius 1 is 1.50 bits per heavy atom. The molecule has 16 heavy (non-hydrogen) atoms. The summed E-state index contributed by atoms with van der Waals surface area (Å²) in [6.45, 7) is 3.87. The first-order chi connectivity index (χ1) is 7.49. The van der Waals surface area contributed by atoms with Gasteiger partial charge in [-0.05, 0) is 47.5 Å². The van der Waals surface area contributed by atoms with Crippen LogP contribution in [0.2, 0.25) is 0 Å². The number of hydrogen-bond acceptors (Lipinski definition) is 3. The molecule has 4 nitrogen and oxygen atoms in total. The van der Waals surface area contributed by atoms with Gasteiger partial charge in [-0.1, -0.05) is 6.07 Å². The minimum atomic E-state index is -0.494. The third kappa shape index (κ3) is 4.02. The summed E-state index contributed by atoms with van der Waals surface area (Å²) in [5.41, 5.74) is 0.750. The first-order valence-electron chi connectivity index (χ1n) is 4.77. The molecule has 0 saturated carbocycles. The van der Waals surface area contributed by atoms with Gasteiger partial charge in [0, 0.05) is 6.08 Å². The van der Waals surface area contributed by atoms with Gasteiger partial charge in [0.2, 0.25) is 6.20 Å². The molecule has 5 heteroatoms. The van der Waals surface area contributed by atoms with E-state index in [2.05, 4.69) is 15.9 Å². The third-order valence-electron chi connectivity index (χ3n) is 1.71. The van der Waals surface area contributed by atoms with Crippen molar-refractivity contribution < 1.29 is 9.66 Å². The molecule has 0 atom stereocenters. The Bertz CT molecular complexity index is 416. The largest absolute Gasteiger partial charge is 0.490 e. The Labute approximate surface area is 102 Å². The molecule has 1 aromatic rings. The summed E-state index contributed by atoms with van der Waals surface area (Å²) in [5, 5.41) is 10.2. The van der Waals surface area contributed by atoms with Crippen LogP contribution in [0.25, 0.3) is 6.08 Å². The number of ether oxygens (including phenoxy) is 1. The summed E-state index contributed by atoms with van der Waals surface area (Å²) in [4.78, 5) is 9.66. The molecule has 0 aromatic heterocycles. The maximum atomic E-state index is 10.2. The van der Waals surface area contributed by atoms with Crippen LogP contribution >= 0.6 is 15.9 Å². The first kappa shape index (κ1) is 12.7. The van der Waals surface area contributed by atoms with Crippen LogP contribution < -0.4 is 4.74 Å². The highest BCUT2D eigenvalue weighted by Crippen LogP contribution is 2.27. The van der Waals surface area contributed by atoms with Crippen molar-refractivity contribution >= 4 is 22.0 Å².